The van der Waals surface area contributed by atoms with Gasteiger partial charge in [0, 0.05) is 0 Å². The summed E-state index contributed by atoms with van der Waals surface area (Å²) in [5.41, 5.74) is 1.30. The van der Waals surface area contributed by atoms with E-state index in [1.54, 1.807) is 0 Å². The Morgan fingerprint density at radius 1 is 1.32 bits per heavy atom. The molecule has 1 N–H and O–H groups in total. The Kier molecular flexibility index (Phi) is 4.99. The maximum atomic E-state index is 11.7. The maximum absolute atomic E-state index is 11.7. The van der Waals surface area contributed by atoms with Crippen LogP contribution in [-0.2, 0) is 16.3 Å². The van der Waals surface area contributed by atoms with Crippen LogP contribution >= 0.6 is 0 Å². The summed E-state index contributed by atoms with van der Waals surface area (Å²) in [6, 6.07) is 10.4. The second-order valence-corrected chi connectivity index (χ2v) is 7.65. The highest BCUT2D eigenvalue weighted by Gasteiger charge is 2.33. The van der Waals surface area contributed by atoms with Crippen LogP contribution in [0.25, 0.3) is 0 Å². The number of rotatable bonds is 6. The first-order valence-corrected chi connectivity index (χ1v) is 8.88. The SMILES string of the molecule is CCNCC(Cc1ccccc1)C1CCS(=O)(=O)C1. The van der Waals surface area contributed by atoms with E-state index in [1.165, 1.54) is 5.56 Å². The van der Waals surface area contributed by atoms with Gasteiger partial charge in [0.05, 0.1) is 11.5 Å². The van der Waals surface area contributed by atoms with Crippen molar-refractivity contribution in [1.82, 2.24) is 5.32 Å². The van der Waals surface area contributed by atoms with Crippen LogP contribution in [0.3, 0.4) is 0 Å². The molecule has 2 atom stereocenters. The Bertz CT molecular complexity index is 484. The molecule has 1 fully saturated rings. The fraction of sp³-hybridized carbons (Fsp3) is 0.600. The largest absolute Gasteiger partial charge is 0.317 e. The summed E-state index contributed by atoms with van der Waals surface area (Å²) in [6.45, 7) is 3.93. The highest BCUT2D eigenvalue weighted by Crippen LogP contribution is 2.28. The Morgan fingerprint density at radius 2 is 2.05 bits per heavy atom. The summed E-state index contributed by atoms with van der Waals surface area (Å²) in [5, 5.41) is 3.38. The zero-order valence-electron chi connectivity index (χ0n) is 11.5. The molecular weight excluding hydrogens is 258 g/mol. The normalized spacial score (nSPS) is 23.3. The molecule has 0 saturated carbocycles. The van der Waals surface area contributed by atoms with Gasteiger partial charge in [-0.1, -0.05) is 37.3 Å². The van der Waals surface area contributed by atoms with Gasteiger partial charge in [-0.25, -0.2) is 8.42 Å². The molecule has 1 heterocycles. The molecule has 0 amide bonds. The number of benzene rings is 1. The predicted octanol–water partition coefficient (Wildman–Crippen LogP) is 1.89. The van der Waals surface area contributed by atoms with Crippen LogP contribution in [-0.4, -0.2) is 33.0 Å². The molecular formula is C15H23NO2S. The third-order valence-corrected chi connectivity index (χ3v) is 5.73. The van der Waals surface area contributed by atoms with Crippen LogP contribution in [0.15, 0.2) is 30.3 Å². The van der Waals surface area contributed by atoms with Gasteiger partial charge in [-0.3, -0.25) is 0 Å². The van der Waals surface area contributed by atoms with E-state index in [4.69, 9.17) is 0 Å². The zero-order chi connectivity index (χ0) is 13.7. The van der Waals surface area contributed by atoms with Crippen molar-refractivity contribution in [3.8, 4) is 0 Å². The van der Waals surface area contributed by atoms with Crippen molar-refractivity contribution >= 4 is 9.84 Å². The maximum Gasteiger partial charge on any atom is 0.150 e. The van der Waals surface area contributed by atoms with Crippen LogP contribution in [0.5, 0.6) is 0 Å². The van der Waals surface area contributed by atoms with Crippen LogP contribution in [0.1, 0.15) is 18.9 Å². The van der Waals surface area contributed by atoms with Gasteiger partial charge in [-0.2, -0.15) is 0 Å². The standard InChI is InChI=1S/C15H23NO2S/c1-2-16-11-15(10-13-6-4-3-5-7-13)14-8-9-19(17,18)12-14/h3-7,14-16H,2,8-12H2,1H3. The van der Waals surface area contributed by atoms with Gasteiger partial charge in [0.25, 0.3) is 0 Å². The minimum atomic E-state index is -2.79. The van der Waals surface area contributed by atoms with Gasteiger partial charge in [-0.05, 0) is 43.3 Å². The summed E-state index contributed by atoms with van der Waals surface area (Å²) >= 11 is 0. The van der Waals surface area contributed by atoms with E-state index < -0.39 is 9.84 Å². The smallest absolute Gasteiger partial charge is 0.150 e. The molecule has 4 heteroatoms. The molecule has 2 rings (SSSR count). The predicted molar refractivity (Wildman–Crippen MR) is 78.9 cm³/mol. The Balaban J connectivity index is 2.04. The molecule has 0 radical (unpaired) electrons. The highest BCUT2D eigenvalue weighted by molar-refractivity contribution is 7.91. The zero-order valence-corrected chi connectivity index (χ0v) is 12.3. The summed E-state index contributed by atoms with van der Waals surface area (Å²) in [4.78, 5) is 0. The number of hydrogen-bond donors (Lipinski definition) is 1. The summed E-state index contributed by atoms with van der Waals surface area (Å²) in [6.07, 6.45) is 1.79. The van der Waals surface area contributed by atoms with Crippen LogP contribution in [0.2, 0.25) is 0 Å². The summed E-state index contributed by atoms with van der Waals surface area (Å²) in [5.74, 6) is 1.47. The first kappa shape index (κ1) is 14.5. The third kappa shape index (κ3) is 4.32. The average molecular weight is 281 g/mol. The molecule has 1 aliphatic heterocycles. The molecule has 19 heavy (non-hydrogen) atoms. The molecule has 106 valence electrons. The Hall–Kier alpha value is -0.870. The van der Waals surface area contributed by atoms with Crippen molar-refractivity contribution < 1.29 is 8.42 Å². The number of hydrogen-bond acceptors (Lipinski definition) is 3. The molecule has 0 aliphatic carbocycles. The molecule has 1 saturated heterocycles. The number of nitrogens with one attached hydrogen (secondary N) is 1. The van der Waals surface area contributed by atoms with Crippen molar-refractivity contribution in [2.45, 2.75) is 19.8 Å². The van der Waals surface area contributed by atoms with E-state index in [-0.39, 0.29) is 0 Å². The fourth-order valence-electron chi connectivity index (χ4n) is 2.85. The highest BCUT2D eigenvalue weighted by atomic mass is 32.2. The van der Waals surface area contributed by atoms with Gasteiger partial charge in [0.15, 0.2) is 9.84 Å². The lowest BCUT2D eigenvalue weighted by atomic mass is 9.86. The second-order valence-electron chi connectivity index (χ2n) is 5.42. The van der Waals surface area contributed by atoms with E-state index >= 15 is 0 Å². The number of sulfone groups is 1. The van der Waals surface area contributed by atoms with Gasteiger partial charge < -0.3 is 5.32 Å². The molecule has 1 aromatic carbocycles. The first-order chi connectivity index (χ1) is 9.11. The minimum Gasteiger partial charge on any atom is -0.317 e. The quantitative estimate of drug-likeness (QED) is 0.866. The molecule has 0 spiro atoms. The molecule has 1 aromatic rings. The van der Waals surface area contributed by atoms with Gasteiger partial charge >= 0.3 is 0 Å². The van der Waals surface area contributed by atoms with Crippen molar-refractivity contribution in [3.05, 3.63) is 35.9 Å². The Morgan fingerprint density at radius 3 is 2.63 bits per heavy atom. The van der Waals surface area contributed by atoms with Crippen molar-refractivity contribution in [2.24, 2.45) is 11.8 Å². The molecule has 3 nitrogen and oxygen atoms in total. The lowest BCUT2D eigenvalue weighted by Crippen LogP contribution is -2.30. The summed E-state index contributed by atoms with van der Waals surface area (Å²) in [7, 11) is -2.79. The molecule has 0 aromatic heterocycles. The lowest BCUT2D eigenvalue weighted by molar-refractivity contribution is 0.346. The van der Waals surface area contributed by atoms with E-state index in [1.807, 2.05) is 18.2 Å². The van der Waals surface area contributed by atoms with E-state index in [2.05, 4.69) is 24.4 Å². The Labute approximate surface area is 116 Å². The third-order valence-electron chi connectivity index (χ3n) is 3.93. The molecule has 1 aliphatic rings. The van der Waals surface area contributed by atoms with Gasteiger partial charge in [0.2, 0.25) is 0 Å². The summed E-state index contributed by atoms with van der Waals surface area (Å²) < 4.78 is 23.3. The second kappa shape index (κ2) is 6.53. The van der Waals surface area contributed by atoms with Crippen LogP contribution < -0.4 is 5.32 Å². The first-order valence-electron chi connectivity index (χ1n) is 7.06. The molecule has 0 bridgehead atoms. The van der Waals surface area contributed by atoms with Crippen LogP contribution in [0.4, 0.5) is 0 Å². The molecule has 2 unspecified atom stereocenters. The van der Waals surface area contributed by atoms with E-state index in [0.717, 1.165) is 25.9 Å². The van der Waals surface area contributed by atoms with Crippen molar-refractivity contribution in [1.29, 1.82) is 0 Å². The fourth-order valence-corrected chi connectivity index (χ4v) is 4.77. The van der Waals surface area contributed by atoms with Crippen molar-refractivity contribution in [2.75, 3.05) is 24.6 Å². The van der Waals surface area contributed by atoms with Gasteiger partial charge in [-0.15, -0.1) is 0 Å². The van der Waals surface area contributed by atoms with E-state index in [0.29, 0.717) is 23.3 Å². The van der Waals surface area contributed by atoms with Gasteiger partial charge in [0.1, 0.15) is 0 Å². The lowest BCUT2D eigenvalue weighted by Gasteiger charge is -2.23. The monoisotopic (exact) mass is 281 g/mol. The van der Waals surface area contributed by atoms with Crippen molar-refractivity contribution in [3.63, 3.8) is 0 Å². The average Bonchev–Trinajstić information content (AvgIpc) is 2.76. The topological polar surface area (TPSA) is 46.2 Å². The van der Waals surface area contributed by atoms with Crippen LogP contribution in [0, 0.1) is 11.8 Å². The van der Waals surface area contributed by atoms with E-state index in [9.17, 15) is 8.42 Å². The minimum absolute atomic E-state index is 0.309.